The van der Waals surface area contributed by atoms with E-state index in [1.54, 1.807) is 31.4 Å². The van der Waals surface area contributed by atoms with E-state index >= 15 is 0 Å². The van der Waals surface area contributed by atoms with Crippen LogP contribution in [0.3, 0.4) is 0 Å². The number of piperazine rings is 1. The third-order valence-electron chi connectivity index (χ3n) is 4.77. The van der Waals surface area contributed by atoms with Crippen molar-refractivity contribution in [2.75, 3.05) is 38.2 Å². The number of aromatic nitrogens is 3. The fraction of sp³-hybridized carbons (Fsp3) is 0.263. The summed E-state index contributed by atoms with van der Waals surface area (Å²) in [5.74, 6) is 2.20. The molecular formula is C19H21N5O3S. The number of methoxy groups -OCH3 is 1. The van der Waals surface area contributed by atoms with Gasteiger partial charge in [-0.15, -0.1) is 0 Å². The summed E-state index contributed by atoms with van der Waals surface area (Å²) in [6.45, 7) is 1.93. The van der Waals surface area contributed by atoms with Crippen LogP contribution in [0.5, 0.6) is 5.75 Å². The molecule has 3 heterocycles. The minimum absolute atomic E-state index is 0.277. The average Bonchev–Trinajstić information content (AvgIpc) is 3.29. The predicted octanol–water partition coefficient (Wildman–Crippen LogP) is 1.79. The second kappa shape index (κ2) is 7.61. The molecule has 0 spiro atoms. The summed E-state index contributed by atoms with van der Waals surface area (Å²) in [4.78, 5) is 11.0. The Morgan fingerprint density at radius 1 is 0.929 bits per heavy atom. The average molecular weight is 399 g/mol. The molecule has 0 aliphatic carbocycles. The first-order valence-corrected chi connectivity index (χ1v) is 10.4. The van der Waals surface area contributed by atoms with E-state index in [0.29, 0.717) is 31.9 Å². The quantitative estimate of drug-likeness (QED) is 0.651. The van der Waals surface area contributed by atoms with Gasteiger partial charge in [0.1, 0.15) is 23.7 Å². The van der Waals surface area contributed by atoms with Gasteiger partial charge in [-0.1, -0.05) is 0 Å². The second-order valence-corrected chi connectivity index (χ2v) is 8.33. The highest BCUT2D eigenvalue weighted by Gasteiger charge is 2.29. The van der Waals surface area contributed by atoms with Crippen molar-refractivity contribution < 1.29 is 13.2 Å². The maximum atomic E-state index is 12.9. The zero-order chi connectivity index (χ0) is 19.6. The van der Waals surface area contributed by atoms with Crippen LogP contribution in [0.25, 0.3) is 5.82 Å². The van der Waals surface area contributed by atoms with Crippen LogP contribution in [0.1, 0.15) is 0 Å². The van der Waals surface area contributed by atoms with E-state index in [2.05, 4.69) is 14.9 Å². The van der Waals surface area contributed by atoms with Crippen LogP contribution in [0.4, 0.5) is 5.82 Å². The van der Waals surface area contributed by atoms with E-state index in [0.717, 1.165) is 11.6 Å². The van der Waals surface area contributed by atoms with Crippen molar-refractivity contribution in [1.29, 1.82) is 0 Å². The van der Waals surface area contributed by atoms with Crippen molar-refractivity contribution in [3.63, 3.8) is 0 Å². The van der Waals surface area contributed by atoms with Crippen molar-refractivity contribution in [1.82, 2.24) is 18.8 Å². The van der Waals surface area contributed by atoms with Crippen LogP contribution in [0.2, 0.25) is 0 Å². The first-order chi connectivity index (χ1) is 13.6. The molecule has 0 radical (unpaired) electrons. The molecule has 1 saturated heterocycles. The normalized spacial score (nSPS) is 15.5. The zero-order valence-electron chi connectivity index (χ0n) is 15.5. The molecular weight excluding hydrogens is 378 g/mol. The molecule has 1 fully saturated rings. The van der Waals surface area contributed by atoms with Gasteiger partial charge in [-0.3, -0.25) is 0 Å². The summed E-state index contributed by atoms with van der Waals surface area (Å²) < 4.78 is 34.3. The maximum Gasteiger partial charge on any atom is 0.243 e. The lowest BCUT2D eigenvalue weighted by Crippen LogP contribution is -2.48. The van der Waals surface area contributed by atoms with E-state index in [4.69, 9.17) is 4.74 Å². The monoisotopic (exact) mass is 399 g/mol. The lowest BCUT2D eigenvalue weighted by molar-refractivity contribution is 0.383. The van der Waals surface area contributed by atoms with Gasteiger partial charge in [0, 0.05) is 44.6 Å². The Morgan fingerprint density at radius 2 is 1.57 bits per heavy atom. The molecule has 3 aromatic rings. The van der Waals surface area contributed by atoms with Crippen molar-refractivity contribution in [2.24, 2.45) is 0 Å². The second-order valence-electron chi connectivity index (χ2n) is 6.39. The number of hydrogen-bond acceptors (Lipinski definition) is 6. The molecule has 0 atom stereocenters. The highest BCUT2D eigenvalue weighted by atomic mass is 32.2. The van der Waals surface area contributed by atoms with Gasteiger partial charge in [-0.05, 0) is 36.4 Å². The van der Waals surface area contributed by atoms with E-state index in [9.17, 15) is 8.42 Å². The highest BCUT2D eigenvalue weighted by molar-refractivity contribution is 7.89. The minimum atomic E-state index is -3.52. The molecule has 0 unspecified atom stereocenters. The molecule has 4 rings (SSSR count). The maximum absolute atomic E-state index is 12.9. The molecule has 8 nitrogen and oxygen atoms in total. The molecule has 1 aliphatic rings. The van der Waals surface area contributed by atoms with Gasteiger partial charge >= 0.3 is 0 Å². The van der Waals surface area contributed by atoms with E-state index in [-0.39, 0.29) is 4.90 Å². The molecule has 146 valence electrons. The first-order valence-electron chi connectivity index (χ1n) is 8.92. The molecule has 0 amide bonds. The van der Waals surface area contributed by atoms with Crippen molar-refractivity contribution in [3.8, 4) is 11.6 Å². The summed E-state index contributed by atoms with van der Waals surface area (Å²) in [7, 11) is -1.97. The largest absolute Gasteiger partial charge is 0.497 e. The molecule has 28 heavy (non-hydrogen) atoms. The molecule has 1 aromatic carbocycles. The van der Waals surface area contributed by atoms with Gasteiger partial charge in [0.2, 0.25) is 10.0 Å². The van der Waals surface area contributed by atoms with Crippen LogP contribution < -0.4 is 9.64 Å². The number of anilines is 1. The van der Waals surface area contributed by atoms with Crippen molar-refractivity contribution in [2.45, 2.75) is 4.90 Å². The van der Waals surface area contributed by atoms with Crippen molar-refractivity contribution in [3.05, 3.63) is 61.2 Å². The van der Waals surface area contributed by atoms with Gasteiger partial charge in [0.25, 0.3) is 0 Å². The van der Waals surface area contributed by atoms with Crippen LogP contribution in [-0.4, -0.2) is 60.5 Å². The standard InChI is InChI=1S/C19H21N5O3S/c1-27-16-4-6-17(7-5-16)28(25,26)24-12-10-23(11-13-24)19-14-18(20-15-21-19)22-8-2-3-9-22/h2-9,14-15H,10-13H2,1H3. The fourth-order valence-electron chi connectivity index (χ4n) is 3.19. The summed E-state index contributed by atoms with van der Waals surface area (Å²) >= 11 is 0. The molecule has 0 saturated carbocycles. The lowest BCUT2D eigenvalue weighted by Gasteiger charge is -2.34. The highest BCUT2D eigenvalue weighted by Crippen LogP contribution is 2.22. The van der Waals surface area contributed by atoms with Gasteiger partial charge in [-0.2, -0.15) is 4.31 Å². The third kappa shape index (κ3) is 3.58. The number of benzene rings is 1. The smallest absolute Gasteiger partial charge is 0.243 e. The van der Waals surface area contributed by atoms with E-state index in [1.807, 2.05) is 35.2 Å². The Hall–Kier alpha value is -2.91. The van der Waals surface area contributed by atoms with E-state index in [1.165, 1.54) is 10.6 Å². The predicted molar refractivity (Wildman–Crippen MR) is 105 cm³/mol. The summed E-state index contributed by atoms with van der Waals surface area (Å²) in [5, 5.41) is 0. The Bertz CT molecular complexity index is 1030. The molecule has 0 N–H and O–H groups in total. The zero-order valence-corrected chi connectivity index (χ0v) is 16.3. The Morgan fingerprint density at radius 3 is 2.21 bits per heavy atom. The number of nitrogens with zero attached hydrogens (tertiary/aromatic N) is 5. The number of ether oxygens (including phenoxy) is 1. The van der Waals surface area contributed by atoms with Crippen LogP contribution >= 0.6 is 0 Å². The molecule has 0 bridgehead atoms. The summed E-state index contributed by atoms with van der Waals surface area (Å²) in [6.07, 6.45) is 5.38. The topological polar surface area (TPSA) is 80.6 Å². The first kappa shape index (κ1) is 18.5. The molecule has 9 heteroatoms. The van der Waals surface area contributed by atoms with Gasteiger partial charge in [-0.25, -0.2) is 18.4 Å². The fourth-order valence-corrected chi connectivity index (χ4v) is 4.62. The number of sulfonamides is 1. The summed E-state index contributed by atoms with van der Waals surface area (Å²) in [6, 6.07) is 12.3. The summed E-state index contributed by atoms with van der Waals surface area (Å²) in [5.41, 5.74) is 0. The van der Waals surface area contributed by atoms with Gasteiger partial charge in [0.15, 0.2) is 0 Å². The third-order valence-corrected chi connectivity index (χ3v) is 6.68. The van der Waals surface area contributed by atoms with Crippen LogP contribution in [-0.2, 0) is 10.0 Å². The van der Waals surface area contributed by atoms with Gasteiger partial charge in [0.05, 0.1) is 12.0 Å². The minimum Gasteiger partial charge on any atom is -0.497 e. The Kier molecular flexibility index (Phi) is 5.01. The molecule has 1 aliphatic heterocycles. The van der Waals surface area contributed by atoms with Crippen LogP contribution in [0, 0.1) is 0 Å². The Labute approximate surface area is 164 Å². The van der Waals surface area contributed by atoms with Gasteiger partial charge < -0.3 is 14.2 Å². The van der Waals surface area contributed by atoms with E-state index < -0.39 is 10.0 Å². The number of rotatable bonds is 5. The number of hydrogen-bond donors (Lipinski definition) is 0. The molecule has 2 aromatic heterocycles. The lowest BCUT2D eigenvalue weighted by atomic mass is 10.3. The Balaban J connectivity index is 1.46. The van der Waals surface area contributed by atoms with Crippen molar-refractivity contribution >= 4 is 15.8 Å². The SMILES string of the molecule is COc1ccc(S(=O)(=O)N2CCN(c3cc(-n4cccc4)ncn3)CC2)cc1. The van der Waals surface area contributed by atoms with Crippen LogP contribution in [0.15, 0.2) is 66.1 Å².